The number of nitrogens with zero attached hydrogens (tertiary/aromatic N) is 1. The van der Waals surface area contributed by atoms with Crippen LogP contribution in [0.1, 0.15) is 12.0 Å². The van der Waals surface area contributed by atoms with E-state index in [-0.39, 0.29) is 11.9 Å². The van der Waals surface area contributed by atoms with E-state index in [0.29, 0.717) is 0 Å². The molecule has 2 heterocycles. The van der Waals surface area contributed by atoms with Crippen LogP contribution in [-0.2, 0) is 11.2 Å². The number of hydrogen-bond donors (Lipinski definition) is 2. The first-order chi connectivity index (χ1) is 8.84. The van der Waals surface area contributed by atoms with Gasteiger partial charge in [-0.05, 0) is 24.5 Å². The van der Waals surface area contributed by atoms with E-state index in [0.717, 1.165) is 44.7 Å². The molecule has 96 valence electrons. The fraction of sp³-hybridized carbons (Fsp3) is 0.500. The molecule has 2 aliphatic rings. The van der Waals surface area contributed by atoms with Crippen LogP contribution >= 0.6 is 0 Å². The molecule has 1 saturated heterocycles. The van der Waals surface area contributed by atoms with Crippen LogP contribution in [0.2, 0.25) is 0 Å². The summed E-state index contributed by atoms with van der Waals surface area (Å²) < 4.78 is 0. The molecular weight excluding hydrogens is 226 g/mol. The van der Waals surface area contributed by atoms with Gasteiger partial charge in [0.1, 0.15) is 0 Å². The first-order valence-corrected chi connectivity index (χ1v) is 6.68. The lowest BCUT2D eigenvalue weighted by atomic mass is 10.0. The van der Waals surface area contributed by atoms with Gasteiger partial charge in [-0.25, -0.2) is 0 Å². The number of benzene rings is 1. The van der Waals surface area contributed by atoms with E-state index in [1.165, 1.54) is 5.56 Å². The van der Waals surface area contributed by atoms with Crippen molar-refractivity contribution in [3.63, 3.8) is 0 Å². The quantitative estimate of drug-likeness (QED) is 0.771. The van der Waals surface area contributed by atoms with Crippen molar-refractivity contribution in [3.8, 4) is 0 Å². The van der Waals surface area contributed by atoms with Crippen molar-refractivity contribution in [2.24, 2.45) is 0 Å². The number of amides is 1. The molecule has 0 saturated carbocycles. The fourth-order valence-corrected chi connectivity index (χ4v) is 2.84. The van der Waals surface area contributed by atoms with E-state index in [1.807, 2.05) is 18.2 Å². The van der Waals surface area contributed by atoms with Gasteiger partial charge in [-0.2, -0.15) is 0 Å². The Labute approximate surface area is 107 Å². The highest BCUT2D eigenvalue weighted by Crippen LogP contribution is 2.23. The number of nitrogens with one attached hydrogen (secondary N) is 2. The zero-order valence-electron chi connectivity index (χ0n) is 10.5. The van der Waals surface area contributed by atoms with Gasteiger partial charge in [0.05, 0.1) is 6.04 Å². The molecule has 1 aromatic carbocycles. The van der Waals surface area contributed by atoms with Gasteiger partial charge in [0.2, 0.25) is 5.91 Å². The van der Waals surface area contributed by atoms with E-state index < -0.39 is 0 Å². The van der Waals surface area contributed by atoms with Crippen LogP contribution < -0.4 is 10.6 Å². The Hall–Kier alpha value is -1.39. The summed E-state index contributed by atoms with van der Waals surface area (Å²) in [6.07, 6.45) is 1.90. The number of anilines is 1. The third kappa shape index (κ3) is 2.26. The molecule has 0 radical (unpaired) electrons. The Kier molecular flexibility index (Phi) is 3.30. The highest BCUT2D eigenvalue weighted by molar-refractivity contribution is 5.96. The Morgan fingerprint density at radius 1 is 1.17 bits per heavy atom. The monoisotopic (exact) mass is 245 g/mol. The first-order valence-electron chi connectivity index (χ1n) is 6.68. The molecule has 2 aliphatic heterocycles. The maximum atomic E-state index is 12.3. The average molecular weight is 245 g/mol. The van der Waals surface area contributed by atoms with Crippen LogP contribution in [0.25, 0.3) is 0 Å². The van der Waals surface area contributed by atoms with E-state index in [2.05, 4.69) is 21.6 Å². The number of hydrogen-bond acceptors (Lipinski definition) is 3. The van der Waals surface area contributed by atoms with Crippen LogP contribution in [0.3, 0.4) is 0 Å². The average Bonchev–Trinajstić information content (AvgIpc) is 2.58. The second-order valence-corrected chi connectivity index (χ2v) is 4.99. The smallest absolute Gasteiger partial charge is 0.241 e. The van der Waals surface area contributed by atoms with Crippen molar-refractivity contribution in [2.45, 2.75) is 18.9 Å². The SMILES string of the molecule is O=C1Nc2ccccc2CC[C@H]1N1CCNCC1. The Balaban J connectivity index is 1.78. The van der Waals surface area contributed by atoms with Gasteiger partial charge < -0.3 is 10.6 Å². The topological polar surface area (TPSA) is 44.4 Å². The number of para-hydroxylation sites is 1. The van der Waals surface area contributed by atoms with E-state index in [4.69, 9.17) is 0 Å². The number of fused-ring (bicyclic) bond motifs is 1. The second-order valence-electron chi connectivity index (χ2n) is 4.99. The van der Waals surface area contributed by atoms with Crippen molar-refractivity contribution < 1.29 is 4.79 Å². The molecule has 1 fully saturated rings. The molecule has 0 spiro atoms. The number of carbonyl (C=O) groups excluding carboxylic acids is 1. The van der Waals surface area contributed by atoms with E-state index >= 15 is 0 Å². The molecular formula is C14H19N3O. The summed E-state index contributed by atoms with van der Waals surface area (Å²) >= 11 is 0. The van der Waals surface area contributed by atoms with Crippen LogP contribution in [-0.4, -0.2) is 43.0 Å². The molecule has 1 aromatic rings. The standard InChI is InChI=1S/C14H19N3O/c18-14-13(17-9-7-15-8-10-17)6-5-11-3-1-2-4-12(11)16-14/h1-4,13,15H,5-10H2,(H,16,18)/t13-/m1/s1. The molecule has 4 nitrogen and oxygen atoms in total. The van der Waals surface area contributed by atoms with Gasteiger partial charge in [-0.1, -0.05) is 18.2 Å². The minimum absolute atomic E-state index is 0.0273. The van der Waals surface area contributed by atoms with Gasteiger partial charge in [-0.15, -0.1) is 0 Å². The van der Waals surface area contributed by atoms with E-state index in [9.17, 15) is 4.79 Å². The molecule has 1 atom stereocenters. The molecule has 4 heteroatoms. The summed E-state index contributed by atoms with van der Waals surface area (Å²) in [5.74, 6) is 0.154. The van der Waals surface area contributed by atoms with Crippen molar-refractivity contribution in [1.29, 1.82) is 0 Å². The third-order valence-corrected chi connectivity index (χ3v) is 3.86. The molecule has 3 rings (SSSR count). The maximum absolute atomic E-state index is 12.3. The van der Waals surface area contributed by atoms with Gasteiger partial charge in [0.15, 0.2) is 0 Å². The molecule has 0 aliphatic carbocycles. The Morgan fingerprint density at radius 3 is 2.78 bits per heavy atom. The van der Waals surface area contributed by atoms with Gasteiger partial charge in [0, 0.05) is 31.9 Å². The van der Waals surface area contributed by atoms with Gasteiger partial charge in [-0.3, -0.25) is 9.69 Å². The predicted octanol–water partition coefficient (Wildman–Crippen LogP) is 0.845. The zero-order chi connectivity index (χ0) is 12.4. The first kappa shape index (κ1) is 11.7. The molecule has 0 aromatic heterocycles. The lowest BCUT2D eigenvalue weighted by Gasteiger charge is -2.33. The van der Waals surface area contributed by atoms with E-state index in [1.54, 1.807) is 0 Å². The lowest BCUT2D eigenvalue weighted by Crippen LogP contribution is -2.52. The lowest BCUT2D eigenvalue weighted by molar-refractivity contribution is -0.121. The van der Waals surface area contributed by atoms with Gasteiger partial charge in [0.25, 0.3) is 0 Å². The van der Waals surface area contributed by atoms with Crippen LogP contribution in [0, 0.1) is 0 Å². The number of piperazine rings is 1. The number of carbonyl (C=O) groups is 1. The van der Waals surface area contributed by atoms with Crippen molar-refractivity contribution in [2.75, 3.05) is 31.5 Å². The Morgan fingerprint density at radius 2 is 1.94 bits per heavy atom. The Bertz CT molecular complexity index is 440. The van der Waals surface area contributed by atoms with Crippen LogP contribution in [0.5, 0.6) is 0 Å². The third-order valence-electron chi connectivity index (χ3n) is 3.86. The summed E-state index contributed by atoms with van der Waals surface area (Å²) in [7, 11) is 0. The fourth-order valence-electron chi connectivity index (χ4n) is 2.84. The summed E-state index contributed by atoms with van der Waals surface area (Å²) in [6.45, 7) is 3.90. The van der Waals surface area contributed by atoms with Crippen LogP contribution in [0.4, 0.5) is 5.69 Å². The molecule has 0 bridgehead atoms. The minimum Gasteiger partial charge on any atom is -0.324 e. The summed E-state index contributed by atoms with van der Waals surface area (Å²) in [4.78, 5) is 14.6. The van der Waals surface area contributed by atoms with Crippen molar-refractivity contribution in [3.05, 3.63) is 29.8 Å². The summed E-state index contributed by atoms with van der Waals surface area (Å²) in [5.41, 5.74) is 2.24. The second kappa shape index (κ2) is 5.08. The predicted molar refractivity (Wildman–Crippen MR) is 71.6 cm³/mol. The van der Waals surface area contributed by atoms with Gasteiger partial charge >= 0.3 is 0 Å². The normalized spacial score (nSPS) is 25.1. The molecule has 2 N–H and O–H groups in total. The molecule has 1 amide bonds. The minimum atomic E-state index is 0.0273. The number of rotatable bonds is 1. The largest absolute Gasteiger partial charge is 0.324 e. The maximum Gasteiger partial charge on any atom is 0.241 e. The summed E-state index contributed by atoms with van der Waals surface area (Å²) in [6, 6.07) is 8.14. The summed E-state index contributed by atoms with van der Waals surface area (Å²) in [5, 5.41) is 6.40. The van der Waals surface area contributed by atoms with Crippen LogP contribution in [0.15, 0.2) is 24.3 Å². The zero-order valence-corrected chi connectivity index (χ0v) is 10.5. The molecule has 0 unspecified atom stereocenters. The number of aryl methyl sites for hydroxylation is 1. The van der Waals surface area contributed by atoms with Crippen molar-refractivity contribution >= 4 is 11.6 Å². The molecule has 18 heavy (non-hydrogen) atoms. The highest BCUT2D eigenvalue weighted by Gasteiger charge is 2.29. The highest BCUT2D eigenvalue weighted by atomic mass is 16.2. The van der Waals surface area contributed by atoms with Crippen molar-refractivity contribution in [1.82, 2.24) is 10.2 Å².